The maximum atomic E-state index is 13.7. The number of halogens is 1. The number of rotatable bonds is 8. The Morgan fingerprint density at radius 3 is 2.70 bits per heavy atom. The molecule has 4 nitrogen and oxygen atoms in total. The number of carbonyl (C=O) groups excluding carboxylic acids is 1. The van der Waals surface area contributed by atoms with E-state index in [2.05, 4.69) is 31.1 Å². The highest BCUT2D eigenvalue weighted by molar-refractivity contribution is 5.92. The number of amides is 1. The van der Waals surface area contributed by atoms with Gasteiger partial charge in [0.2, 0.25) is 5.91 Å². The van der Waals surface area contributed by atoms with Gasteiger partial charge in [-0.3, -0.25) is 4.79 Å². The highest BCUT2D eigenvalue weighted by Gasteiger charge is 2.07. The third-order valence-electron chi connectivity index (χ3n) is 3.40. The largest absolute Gasteiger partial charge is 0.366 e. The van der Waals surface area contributed by atoms with Gasteiger partial charge in [0.05, 0.1) is 0 Å². The second-order valence-electron chi connectivity index (χ2n) is 5.28. The van der Waals surface area contributed by atoms with Gasteiger partial charge in [-0.1, -0.05) is 6.07 Å². The molecule has 1 aromatic carbocycles. The fraction of sp³-hybridized carbons (Fsp3) is 0.533. The van der Waals surface area contributed by atoms with E-state index in [4.69, 9.17) is 5.73 Å². The molecule has 0 radical (unpaired) electrons. The van der Waals surface area contributed by atoms with Crippen LogP contribution in [0.25, 0.3) is 0 Å². The van der Waals surface area contributed by atoms with Gasteiger partial charge in [0.25, 0.3) is 0 Å². The minimum Gasteiger partial charge on any atom is -0.366 e. The molecule has 0 aliphatic carbocycles. The Hall–Kier alpha value is -1.46. The monoisotopic (exact) mass is 281 g/mol. The van der Waals surface area contributed by atoms with Crippen molar-refractivity contribution in [2.75, 3.05) is 20.1 Å². The van der Waals surface area contributed by atoms with Crippen molar-refractivity contribution in [3.05, 3.63) is 35.1 Å². The molecule has 20 heavy (non-hydrogen) atoms. The van der Waals surface area contributed by atoms with Crippen LogP contribution in [0.3, 0.4) is 0 Å². The van der Waals surface area contributed by atoms with Crippen molar-refractivity contribution in [1.29, 1.82) is 0 Å². The van der Waals surface area contributed by atoms with E-state index in [9.17, 15) is 9.18 Å². The first-order valence-corrected chi connectivity index (χ1v) is 6.91. The summed E-state index contributed by atoms with van der Waals surface area (Å²) in [6.07, 6.45) is 1.01. The number of primary amides is 1. The topological polar surface area (TPSA) is 58.4 Å². The van der Waals surface area contributed by atoms with Gasteiger partial charge < -0.3 is 16.0 Å². The molecule has 0 fully saturated rings. The van der Waals surface area contributed by atoms with Crippen molar-refractivity contribution in [3.63, 3.8) is 0 Å². The van der Waals surface area contributed by atoms with Gasteiger partial charge in [-0.05, 0) is 52.5 Å². The lowest BCUT2D eigenvalue weighted by Crippen LogP contribution is -2.29. The summed E-state index contributed by atoms with van der Waals surface area (Å²) in [6, 6.07) is 4.87. The normalized spacial score (nSPS) is 11.3. The van der Waals surface area contributed by atoms with E-state index >= 15 is 0 Å². The standard InChI is InChI=1S/C15H24FN3O/c1-11(2)19(3)8-4-7-18-10-13-6-5-12(15(17)20)9-14(13)16/h5-6,9,11,18H,4,7-8,10H2,1-3H3,(H2,17,20). The summed E-state index contributed by atoms with van der Waals surface area (Å²) in [7, 11) is 2.09. The van der Waals surface area contributed by atoms with Crippen LogP contribution in [0.4, 0.5) is 4.39 Å². The fourth-order valence-corrected chi connectivity index (χ4v) is 1.78. The van der Waals surface area contributed by atoms with Crippen LogP contribution in [0.5, 0.6) is 0 Å². The summed E-state index contributed by atoms with van der Waals surface area (Å²) in [5.74, 6) is -1.01. The van der Waals surface area contributed by atoms with E-state index in [1.165, 1.54) is 6.07 Å². The van der Waals surface area contributed by atoms with Gasteiger partial charge in [0.15, 0.2) is 0 Å². The second-order valence-corrected chi connectivity index (χ2v) is 5.28. The smallest absolute Gasteiger partial charge is 0.248 e. The van der Waals surface area contributed by atoms with Crippen LogP contribution >= 0.6 is 0 Å². The average Bonchev–Trinajstić information content (AvgIpc) is 2.39. The van der Waals surface area contributed by atoms with E-state index in [-0.39, 0.29) is 5.56 Å². The van der Waals surface area contributed by atoms with Crippen molar-refractivity contribution < 1.29 is 9.18 Å². The first kappa shape index (κ1) is 16.6. The Labute approximate surface area is 120 Å². The molecule has 0 heterocycles. The molecule has 0 saturated heterocycles. The summed E-state index contributed by atoms with van der Waals surface area (Å²) in [4.78, 5) is 13.2. The SMILES string of the molecule is CC(C)N(C)CCCNCc1ccc(C(N)=O)cc1F. The number of hydrogen-bond acceptors (Lipinski definition) is 3. The van der Waals surface area contributed by atoms with E-state index in [0.717, 1.165) is 19.5 Å². The lowest BCUT2D eigenvalue weighted by atomic mass is 10.1. The number of hydrogen-bond donors (Lipinski definition) is 2. The number of carbonyl (C=O) groups is 1. The Bertz CT molecular complexity index is 449. The van der Waals surface area contributed by atoms with Crippen molar-refractivity contribution >= 4 is 5.91 Å². The molecule has 1 aromatic rings. The van der Waals surface area contributed by atoms with Crippen molar-refractivity contribution in [2.24, 2.45) is 5.73 Å². The van der Waals surface area contributed by atoms with Gasteiger partial charge in [-0.2, -0.15) is 0 Å². The molecule has 0 aliphatic heterocycles. The van der Waals surface area contributed by atoms with Gasteiger partial charge in [-0.25, -0.2) is 4.39 Å². The van der Waals surface area contributed by atoms with Crippen LogP contribution in [-0.2, 0) is 6.54 Å². The van der Waals surface area contributed by atoms with E-state index in [0.29, 0.717) is 18.2 Å². The molecule has 0 bridgehead atoms. The molecule has 0 aromatic heterocycles. The summed E-state index contributed by atoms with van der Waals surface area (Å²) in [6.45, 7) is 6.60. The molecule has 0 unspecified atom stereocenters. The lowest BCUT2D eigenvalue weighted by molar-refractivity contribution is 0.1000. The van der Waals surface area contributed by atoms with Gasteiger partial charge in [0, 0.05) is 23.7 Å². The Morgan fingerprint density at radius 1 is 1.45 bits per heavy atom. The molecular formula is C15H24FN3O. The Morgan fingerprint density at radius 2 is 2.15 bits per heavy atom. The van der Waals surface area contributed by atoms with Crippen LogP contribution in [-0.4, -0.2) is 37.0 Å². The molecule has 0 saturated carbocycles. The quantitative estimate of drug-likeness (QED) is 0.714. The summed E-state index contributed by atoms with van der Waals surface area (Å²) in [5, 5.41) is 3.20. The first-order valence-electron chi connectivity index (χ1n) is 6.91. The number of nitrogens with one attached hydrogen (secondary N) is 1. The third-order valence-corrected chi connectivity index (χ3v) is 3.40. The van der Waals surface area contributed by atoms with Gasteiger partial charge >= 0.3 is 0 Å². The molecule has 1 amide bonds. The van der Waals surface area contributed by atoms with Crippen LogP contribution < -0.4 is 11.1 Å². The van der Waals surface area contributed by atoms with Gasteiger partial charge in [-0.15, -0.1) is 0 Å². The highest BCUT2D eigenvalue weighted by Crippen LogP contribution is 2.10. The summed E-state index contributed by atoms with van der Waals surface area (Å²) >= 11 is 0. The zero-order valence-corrected chi connectivity index (χ0v) is 12.4. The molecule has 112 valence electrons. The maximum absolute atomic E-state index is 13.7. The highest BCUT2D eigenvalue weighted by atomic mass is 19.1. The van der Waals surface area contributed by atoms with E-state index in [1.807, 2.05) is 0 Å². The first-order chi connectivity index (χ1) is 9.41. The van der Waals surface area contributed by atoms with Crippen LogP contribution in [0.15, 0.2) is 18.2 Å². The lowest BCUT2D eigenvalue weighted by Gasteiger charge is -2.20. The summed E-state index contributed by atoms with van der Waals surface area (Å²) < 4.78 is 13.7. The van der Waals surface area contributed by atoms with Crippen LogP contribution in [0, 0.1) is 5.82 Å². The molecular weight excluding hydrogens is 257 g/mol. The predicted molar refractivity (Wildman–Crippen MR) is 79.0 cm³/mol. The van der Waals surface area contributed by atoms with E-state index in [1.54, 1.807) is 12.1 Å². The molecule has 0 atom stereocenters. The number of benzene rings is 1. The zero-order valence-electron chi connectivity index (χ0n) is 12.4. The van der Waals surface area contributed by atoms with Crippen LogP contribution in [0.2, 0.25) is 0 Å². The number of nitrogens with zero attached hydrogens (tertiary/aromatic N) is 1. The molecule has 5 heteroatoms. The molecule has 3 N–H and O–H groups in total. The second kappa shape index (κ2) is 7.97. The predicted octanol–water partition coefficient (Wildman–Crippen LogP) is 1.74. The van der Waals surface area contributed by atoms with Crippen molar-refractivity contribution in [3.8, 4) is 0 Å². The summed E-state index contributed by atoms with van der Waals surface area (Å²) in [5.41, 5.74) is 5.85. The Balaban J connectivity index is 2.34. The number of nitrogens with two attached hydrogens (primary N) is 1. The van der Waals surface area contributed by atoms with Gasteiger partial charge in [0.1, 0.15) is 5.82 Å². The van der Waals surface area contributed by atoms with Crippen LogP contribution in [0.1, 0.15) is 36.2 Å². The van der Waals surface area contributed by atoms with Crippen molar-refractivity contribution in [2.45, 2.75) is 32.9 Å². The maximum Gasteiger partial charge on any atom is 0.248 e. The molecule has 0 spiro atoms. The average molecular weight is 281 g/mol. The zero-order chi connectivity index (χ0) is 15.1. The Kier molecular flexibility index (Phi) is 6.61. The minimum atomic E-state index is -0.611. The fourth-order valence-electron chi connectivity index (χ4n) is 1.78. The third kappa shape index (κ3) is 5.27. The molecule has 1 rings (SSSR count). The van der Waals surface area contributed by atoms with E-state index < -0.39 is 11.7 Å². The van der Waals surface area contributed by atoms with Crippen molar-refractivity contribution in [1.82, 2.24) is 10.2 Å². The molecule has 0 aliphatic rings. The minimum absolute atomic E-state index is 0.199.